The number of hydrogen-bond acceptors (Lipinski definition) is 3. The van der Waals surface area contributed by atoms with E-state index in [0.29, 0.717) is 35.3 Å². The molecule has 0 N–H and O–H groups in total. The molecule has 0 saturated heterocycles. The fraction of sp³-hybridized carbons (Fsp3) is 0.267. The lowest BCUT2D eigenvalue weighted by atomic mass is 10.2. The summed E-state index contributed by atoms with van der Waals surface area (Å²) in [7, 11) is 1.59. The van der Waals surface area contributed by atoms with Crippen LogP contribution in [0.15, 0.2) is 41.2 Å². The lowest BCUT2D eigenvalue weighted by molar-refractivity contribution is 0.0680. The molecule has 1 aromatic heterocycles. The van der Waals surface area contributed by atoms with Crippen LogP contribution >= 0.6 is 23.2 Å². The summed E-state index contributed by atoms with van der Waals surface area (Å²) in [5.74, 6) is -0.194. The maximum absolute atomic E-state index is 12.6. The van der Waals surface area contributed by atoms with Gasteiger partial charge in [0.2, 0.25) is 0 Å². The monoisotopic (exact) mass is 327 g/mol. The van der Waals surface area contributed by atoms with Crippen molar-refractivity contribution in [2.24, 2.45) is 0 Å². The molecule has 2 rings (SSSR count). The molecule has 0 bridgehead atoms. The average molecular weight is 328 g/mol. The van der Waals surface area contributed by atoms with Crippen LogP contribution in [-0.4, -0.2) is 31.1 Å². The lowest BCUT2D eigenvalue weighted by Gasteiger charge is -2.22. The Morgan fingerprint density at radius 3 is 2.81 bits per heavy atom. The Balaban J connectivity index is 2.22. The molecule has 1 aromatic carbocycles. The van der Waals surface area contributed by atoms with Gasteiger partial charge in [0.15, 0.2) is 0 Å². The molecular formula is C15H15Cl2NO3. The molecule has 6 heteroatoms. The second-order valence-corrected chi connectivity index (χ2v) is 5.32. The fourth-order valence-electron chi connectivity index (χ4n) is 1.89. The van der Waals surface area contributed by atoms with Crippen LogP contribution in [0.1, 0.15) is 15.9 Å². The zero-order valence-corrected chi connectivity index (χ0v) is 13.0. The summed E-state index contributed by atoms with van der Waals surface area (Å²) in [4.78, 5) is 14.3. The maximum atomic E-state index is 12.6. The van der Waals surface area contributed by atoms with E-state index in [2.05, 4.69) is 0 Å². The van der Waals surface area contributed by atoms with Crippen molar-refractivity contribution in [2.45, 2.75) is 6.54 Å². The van der Waals surface area contributed by atoms with Gasteiger partial charge in [0.05, 0.1) is 29.7 Å². The Labute approximate surface area is 133 Å². The highest BCUT2D eigenvalue weighted by Gasteiger charge is 2.19. The van der Waals surface area contributed by atoms with E-state index in [1.165, 1.54) is 0 Å². The topological polar surface area (TPSA) is 42.7 Å². The fourth-order valence-corrected chi connectivity index (χ4v) is 2.26. The first-order valence-corrected chi connectivity index (χ1v) is 7.11. The summed E-state index contributed by atoms with van der Waals surface area (Å²) in [6.45, 7) is 1.30. The van der Waals surface area contributed by atoms with E-state index in [-0.39, 0.29) is 5.91 Å². The first-order chi connectivity index (χ1) is 10.1. The third-order valence-electron chi connectivity index (χ3n) is 2.96. The maximum Gasteiger partial charge on any atom is 0.255 e. The SMILES string of the molecule is COCCN(Cc1ccoc1)C(=O)c1cc(Cl)ccc1Cl. The highest BCUT2D eigenvalue weighted by molar-refractivity contribution is 6.35. The molecule has 0 aliphatic heterocycles. The lowest BCUT2D eigenvalue weighted by Crippen LogP contribution is -2.33. The Morgan fingerprint density at radius 2 is 2.14 bits per heavy atom. The van der Waals surface area contributed by atoms with Crippen molar-refractivity contribution in [1.82, 2.24) is 4.90 Å². The van der Waals surface area contributed by atoms with Crippen LogP contribution in [0.5, 0.6) is 0 Å². The molecule has 0 aliphatic rings. The molecule has 1 amide bonds. The van der Waals surface area contributed by atoms with Crippen molar-refractivity contribution in [3.05, 3.63) is 58.0 Å². The third-order valence-corrected chi connectivity index (χ3v) is 3.53. The summed E-state index contributed by atoms with van der Waals surface area (Å²) in [5, 5.41) is 0.844. The van der Waals surface area contributed by atoms with Crippen LogP contribution in [0, 0.1) is 0 Å². The molecule has 4 nitrogen and oxygen atoms in total. The molecular weight excluding hydrogens is 313 g/mol. The van der Waals surface area contributed by atoms with Crippen molar-refractivity contribution < 1.29 is 13.9 Å². The summed E-state index contributed by atoms with van der Waals surface area (Å²) in [6.07, 6.45) is 3.17. The van der Waals surface area contributed by atoms with Crippen molar-refractivity contribution in [3.8, 4) is 0 Å². The summed E-state index contributed by atoms with van der Waals surface area (Å²) in [6, 6.07) is 6.65. The van der Waals surface area contributed by atoms with Gasteiger partial charge in [-0.2, -0.15) is 0 Å². The van der Waals surface area contributed by atoms with Crippen LogP contribution in [0.25, 0.3) is 0 Å². The van der Waals surface area contributed by atoms with E-state index in [0.717, 1.165) is 5.56 Å². The summed E-state index contributed by atoms with van der Waals surface area (Å²) in [5.41, 5.74) is 1.28. The number of halogens is 2. The summed E-state index contributed by atoms with van der Waals surface area (Å²) >= 11 is 12.0. The van der Waals surface area contributed by atoms with Crippen molar-refractivity contribution >= 4 is 29.1 Å². The van der Waals surface area contributed by atoms with Gasteiger partial charge < -0.3 is 14.1 Å². The number of furan rings is 1. The van der Waals surface area contributed by atoms with Gasteiger partial charge in [-0.05, 0) is 24.3 Å². The van der Waals surface area contributed by atoms with Gasteiger partial charge in [0, 0.05) is 30.8 Å². The number of methoxy groups -OCH3 is 1. The third kappa shape index (κ3) is 4.24. The molecule has 2 aromatic rings. The number of ether oxygens (including phenoxy) is 1. The second kappa shape index (κ2) is 7.50. The molecule has 21 heavy (non-hydrogen) atoms. The zero-order valence-electron chi connectivity index (χ0n) is 11.5. The van der Waals surface area contributed by atoms with Crippen LogP contribution in [-0.2, 0) is 11.3 Å². The van der Waals surface area contributed by atoms with Gasteiger partial charge in [0.25, 0.3) is 5.91 Å². The predicted molar refractivity (Wildman–Crippen MR) is 81.8 cm³/mol. The van der Waals surface area contributed by atoms with E-state index in [1.54, 1.807) is 42.7 Å². The molecule has 0 fully saturated rings. The zero-order chi connectivity index (χ0) is 15.2. The van der Waals surface area contributed by atoms with E-state index in [9.17, 15) is 4.79 Å². The van der Waals surface area contributed by atoms with E-state index >= 15 is 0 Å². The molecule has 0 saturated carbocycles. The number of benzene rings is 1. The van der Waals surface area contributed by atoms with Crippen LogP contribution in [0.4, 0.5) is 0 Å². The molecule has 1 heterocycles. The second-order valence-electron chi connectivity index (χ2n) is 4.48. The van der Waals surface area contributed by atoms with E-state index < -0.39 is 0 Å². The molecule has 0 radical (unpaired) electrons. The predicted octanol–water partition coefficient (Wildman–Crippen LogP) is 3.88. The normalized spacial score (nSPS) is 10.6. The van der Waals surface area contributed by atoms with E-state index in [1.807, 2.05) is 6.07 Å². The first kappa shape index (κ1) is 15.9. The number of nitrogens with zero attached hydrogens (tertiary/aromatic N) is 1. The smallest absolute Gasteiger partial charge is 0.255 e. The molecule has 0 unspecified atom stereocenters. The first-order valence-electron chi connectivity index (χ1n) is 6.36. The number of amides is 1. The molecule has 0 aliphatic carbocycles. The minimum Gasteiger partial charge on any atom is -0.472 e. The molecule has 112 valence electrons. The number of carbonyl (C=O) groups is 1. The van der Waals surface area contributed by atoms with Crippen molar-refractivity contribution in [1.29, 1.82) is 0 Å². The Bertz CT molecular complexity index is 599. The Morgan fingerprint density at radius 1 is 1.33 bits per heavy atom. The standard InChI is InChI=1S/C15H15Cl2NO3/c1-20-7-5-18(9-11-4-6-21-10-11)15(19)13-8-12(16)2-3-14(13)17/h2-4,6,8,10H,5,7,9H2,1H3. The number of rotatable bonds is 6. The van der Waals surface area contributed by atoms with Crippen LogP contribution in [0.2, 0.25) is 10.0 Å². The molecule has 0 atom stereocenters. The van der Waals surface area contributed by atoms with Crippen molar-refractivity contribution in [2.75, 3.05) is 20.3 Å². The van der Waals surface area contributed by atoms with Crippen LogP contribution < -0.4 is 0 Å². The summed E-state index contributed by atoms with van der Waals surface area (Å²) < 4.78 is 10.1. The average Bonchev–Trinajstić information content (AvgIpc) is 2.98. The quantitative estimate of drug-likeness (QED) is 0.808. The minimum atomic E-state index is -0.194. The molecule has 0 spiro atoms. The van der Waals surface area contributed by atoms with Crippen LogP contribution in [0.3, 0.4) is 0 Å². The minimum absolute atomic E-state index is 0.194. The number of hydrogen-bond donors (Lipinski definition) is 0. The van der Waals surface area contributed by atoms with E-state index in [4.69, 9.17) is 32.4 Å². The van der Waals surface area contributed by atoms with Gasteiger partial charge in [-0.15, -0.1) is 0 Å². The van der Waals surface area contributed by atoms with Gasteiger partial charge in [-0.25, -0.2) is 0 Å². The number of carbonyl (C=O) groups excluding carboxylic acids is 1. The Kier molecular flexibility index (Phi) is 5.67. The van der Waals surface area contributed by atoms with Crippen molar-refractivity contribution in [3.63, 3.8) is 0 Å². The van der Waals surface area contributed by atoms with Gasteiger partial charge in [0.1, 0.15) is 0 Å². The largest absolute Gasteiger partial charge is 0.472 e. The highest BCUT2D eigenvalue weighted by atomic mass is 35.5. The highest BCUT2D eigenvalue weighted by Crippen LogP contribution is 2.23. The Hall–Kier alpha value is -1.49. The van der Waals surface area contributed by atoms with Gasteiger partial charge in [-0.1, -0.05) is 23.2 Å². The van der Waals surface area contributed by atoms with Gasteiger partial charge >= 0.3 is 0 Å². The van der Waals surface area contributed by atoms with Gasteiger partial charge in [-0.3, -0.25) is 4.79 Å².